The Morgan fingerprint density at radius 3 is 2.64 bits per heavy atom. The molecule has 2 aliphatic rings. The van der Waals surface area contributed by atoms with Crippen LogP contribution in [0.1, 0.15) is 29.8 Å². The van der Waals surface area contributed by atoms with Crippen molar-refractivity contribution >= 4 is 0 Å². The smallest absolute Gasteiger partial charge is 0.122 e. The maximum Gasteiger partial charge on any atom is 0.122 e. The van der Waals surface area contributed by atoms with Crippen molar-refractivity contribution in [3.8, 4) is 5.75 Å². The van der Waals surface area contributed by atoms with Gasteiger partial charge in [-0.05, 0) is 49.6 Å². The van der Waals surface area contributed by atoms with Crippen molar-refractivity contribution in [2.75, 3.05) is 33.8 Å². The first kappa shape index (κ1) is 16.6. The standard InChI is InChI=1S/C20H28N4O/c1-22-13-9-21-19(22)15-24-11-7-20(8-12-24)18-14-17(25-3)5-4-16(18)6-10-23(20)2/h4-5,9,13-14H,6-8,10-12,15H2,1-3H3. The molecular weight excluding hydrogens is 312 g/mol. The summed E-state index contributed by atoms with van der Waals surface area (Å²) in [6, 6.07) is 6.65. The molecule has 1 saturated heterocycles. The molecule has 4 rings (SSSR count). The fourth-order valence-electron chi connectivity index (χ4n) is 4.52. The summed E-state index contributed by atoms with van der Waals surface area (Å²) in [5, 5.41) is 0. The molecule has 5 nitrogen and oxygen atoms in total. The molecule has 5 heteroatoms. The Labute approximate surface area is 150 Å². The molecule has 25 heavy (non-hydrogen) atoms. The molecule has 0 atom stereocenters. The summed E-state index contributed by atoms with van der Waals surface area (Å²) in [7, 11) is 6.12. The SMILES string of the molecule is COc1ccc2c(c1)C1(CCN(Cc3nccn3C)CC1)N(C)CC2. The minimum Gasteiger partial charge on any atom is -0.497 e. The van der Waals surface area contributed by atoms with Crippen molar-refractivity contribution < 1.29 is 4.74 Å². The van der Waals surface area contributed by atoms with E-state index in [1.165, 1.54) is 11.1 Å². The number of methoxy groups -OCH3 is 1. The van der Waals surface area contributed by atoms with Crippen LogP contribution in [0.3, 0.4) is 0 Å². The second-order valence-electron chi connectivity index (χ2n) is 7.46. The normalized spacial score (nSPS) is 20.6. The van der Waals surface area contributed by atoms with E-state index in [2.05, 4.69) is 51.6 Å². The van der Waals surface area contributed by atoms with E-state index in [1.54, 1.807) is 7.11 Å². The van der Waals surface area contributed by atoms with Gasteiger partial charge in [-0.25, -0.2) is 4.98 Å². The van der Waals surface area contributed by atoms with E-state index in [0.717, 1.165) is 57.0 Å². The number of aryl methyl sites for hydroxylation is 1. The van der Waals surface area contributed by atoms with Crippen LogP contribution in [0.15, 0.2) is 30.6 Å². The Hall–Kier alpha value is -1.85. The third-order valence-corrected chi connectivity index (χ3v) is 6.23. The quantitative estimate of drug-likeness (QED) is 0.859. The first-order valence-electron chi connectivity index (χ1n) is 9.19. The van der Waals surface area contributed by atoms with Gasteiger partial charge in [0.15, 0.2) is 0 Å². The minimum atomic E-state index is 0.153. The van der Waals surface area contributed by atoms with Crippen molar-refractivity contribution in [2.45, 2.75) is 31.3 Å². The molecule has 134 valence electrons. The van der Waals surface area contributed by atoms with Crippen molar-refractivity contribution in [3.63, 3.8) is 0 Å². The predicted molar refractivity (Wildman–Crippen MR) is 98.7 cm³/mol. The van der Waals surface area contributed by atoms with E-state index in [-0.39, 0.29) is 5.54 Å². The Morgan fingerprint density at radius 2 is 1.96 bits per heavy atom. The molecule has 0 unspecified atom stereocenters. The molecule has 0 bridgehead atoms. The molecule has 1 aromatic heterocycles. The molecule has 0 amide bonds. The maximum absolute atomic E-state index is 5.51. The number of likely N-dealkylation sites (N-methyl/N-ethyl adjacent to an activating group) is 1. The van der Waals surface area contributed by atoms with Gasteiger partial charge in [0.25, 0.3) is 0 Å². The van der Waals surface area contributed by atoms with Gasteiger partial charge in [0.1, 0.15) is 11.6 Å². The van der Waals surface area contributed by atoms with Crippen LogP contribution in [0.4, 0.5) is 0 Å². The fourth-order valence-corrected chi connectivity index (χ4v) is 4.52. The van der Waals surface area contributed by atoms with Gasteiger partial charge in [0, 0.05) is 44.6 Å². The zero-order chi connectivity index (χ0) is 17.4. The number of likely N-dealkylation sites (tertiary alicyclic amines) is 1. The van der Waals surface area contributed by atoms with E-state index in [9.17, 15) is 0 Å². The molecule has 0 saturated carbocycles. The number of hydrogen-bond acceptors (Lipinski definition) is 4. The van der Waals surface area contributed by atoms with Crippen LogP contribution in [-0.2, 0) is 25.6 Å². The molecule has 3 heterocycles. The number of aromatic nitrogens is 2. The summed E-state index contributed by atoms with van der Waals surface area (Å²) >= 11 is 0. The molecule has 2 aliphatic heterocycles. The first-order chi connectivity index (χ1) is 12.1. The third-order valence-electron chi connectivity index (χ3n) is 6.23. The van der Waals surface area contributed by atoms with Crippen LogP contribution in [-0.4, -0.2) is 53.1 Å². The second-order valence-corrected chi connectivity index (χ2v) is 7.46. The van der Waals surface area contributed by atoms with E-state index in [4.69, 9.17) is 4.74 Å². The van der Waals surface area contributed by atoms with Gasteiger partial charge in [-0.1, -0.05) is 6.07 Å². The average Bonchev–Trinajstić information content (AvgIpc) is 3.04. The van der Waals surface area contributed by atoms with Crippen molar-refractivity contribution in [1.82, 2.24) is 19.4 Å². The Morgan fingerprint density at radius 1 is 1.16 bits per heavy atom. The lowest BCUT2D eigenvalue weighted by Crippen LogP contribution is -2.54. The number of piperidine rings is 1. The van der Waals surface area contributed by atoms with Crippen molar-refractivity contribution in [2.24, 2.45) is 7.05 Å². The fraction of sp³-hybridized carbons (Fsp3) is 0.550. The molecular formula is C20H28N4O. The third kappa shape index (κ3) is 2.85. The summed E-state index contributed by atoms with van der Waals surface area (Å²) in [6.45, 7) is 4.29. The van der Waals surface area contributed by atoms with Crippen LogP contribution in [0.25, 0.3) is 0 Å². The summed E-state index contributed by atoms with van der Waals surface area (Å²) in [6.07, 6.45) is 7.37. The molecule has 1 aromatic carbocycles. The number of rotatable bonds is 3. The molecule has 2 aromatic rings. The number of hydrogen-bond donors (Lipinski definition) is 0. The van der Waals surface area contributed by atoms with Gasteiger partial charge in [0.05, 0.1) is 13.7 Å². The highest BCUT2D eigenvalue weighted by Gasteiger charge is 2.43. The molecule has 0 radical (unpaired) electrons. The number of fused-ring (bicyclic) bond motifs is 2. The Balaban J connectivity index is 1.56. The number of benzene rings is 1. The van der Waals surface area contributed by atoms with Crippen molar-refractivity contribution in [3.05, 3.63) is 47.5 Å². The zero-order valence-electron chi connectivity index (χ0n) is 15.5. The van der Waals surface area contributed by atoms with Crippen LogP contribution in [0, 0.1) is 0 Å². The van der Waals surface area contributed by atoms with Gasteiger partial charge in [-0.3, -0.25) is 9.80 Å². The molecule has 1 fully saturated rings. The van der Waals surface area contributed by atoms with Crippen LogP contribution < -0.4 is 4.74 Å². The monoisotopic (exact) mass is 340 g/mol. The van der Waals surface area contributed by atoms with E-state index < -0.39 is 0 Å². The average molecular weight is 340 g/mol. The highest BCUT2D eigenvalue weighted by atomic mass is 16.5. The predicted octanol–water partition coefficient (Wildman–Crippen LogP) is 2.41. The van der Waals surface area contributed by atoms with Gasteiger partial charge in [-0.15, -0.1) is 0 Å². The lowest BCUT2D eigenvalue weighted by molar-refractivity contribution is 0.0243. The van der Waals surface area contributed by atoms with Crippen LogP contribution >= 0.6 is 0 Å². The summed E-state index contributed by atoms with van der Waals surface area (Å²) < 4.78 is 7.64. The molecule has 1 spiro atoms. The largest absolute Gasteiger partial charge is 0.497 e. The van der Waals surface area contributed by atoms with Gasteiger partial charge in [0.2, 0.25) is 0 Å². The Bertz CT molecular complexity index is 746. The van der Waals surface area contributed by atoms with Crippen molar-refractivity contribution in [1.29, 1.82) is 0 Å². The maximum atomic E-state index is 5.51. The van der Waals surface area contributed by atoms with Gasteiger partial charge >= 0.3 is 0 Å². The second kappa shape index (κ2) is 6.46. The molecule has 0 N–H and O–H groups in total. The number of ether oxygens (including phenoxy) is 1. The summed E-state index contributed by atoms with van der Waals surface area (Å²) in [4.78, 5) is 9.60. The summed E-state index contributed by atoms with van der Waals surface area (Å²) in [5.41, 5.74) is 3.13. The number of nitrogens with zero attached hydrogens (tertiary/aromatic N) is 4. The minimum absolute atomic E-state index is 0.153. The zero-order valence-corrected chi connectivity index (χ0v) is 15.5. The van der Waals surface area contributed by atoms with Gasteiger partial charge < -0.3 is 9.30 Å². The van der Waals surface area contributed by atoms with Crippen LogP contribution in [0.5, 0.6) is 5.75 Å². The highest BCUT2D eigenvalue weighted by Crippen LogP contribution is 2.44. The lowest BCUT2D eigenvalue weighted by atomic mass is 9.74. The van der Waals surface area contributed by atoms with E-state index in [1.807, 2.05) is 12.4 Å². The Kier molecular flexibility index (Phi) is 4.29. The summed E-state index contributed by atoms with van der Waals surface area (Å²) in [5.74, 6) is 2.12. The van der Waals surface area contributed by atoms with E-state index >= 15 is 0 Å². The lowest BCUT2D eigenvalue weighted by Gasteiger charge is -2.51. The molecule has 0 aliphatic carbocycles. The topological polar surface area (TPSA) is 33.5 Å². The van der Waals surface area contributed by atoms with Gasteiger partial charge in [-0.2, -0.15) is 0 Å². The van der Waals surface area contributed by atoms with E-state index in [0.29, 0.717) is 0 Å². The number of imidazole rings is 1. The van der Waals surface area contributed by atoms with Crippen LogP contribution in [0.2, 0.25) is 0 Å². The highest BCUT2D eigenvalue weighted by molar-refractivity contribution is 5.42. The first-order valence-corrected chi connectivity index (χ1v) is 9.19.